The average molecular weight is 300 g/mol. The van der Waals surface area contributed by atoms with E-state index in [1.54, 1.807) is 30.1 Å². The number of ketones is 1. The van der Waals surface area contributed by atoms with Crippen molar-refractivity contribution in [3.63, 3.8) is 0 Å². The summed E-state index contributed by atoms with van der Waals surface area (Å²) in [5, 5.41) is 0.626. The number of likely N-dealkylation sites (N-methyl/N-ethyl adjacent to an activating group) is 1. The molecule has 2 aromatic carbocycles. The Morgan fingerprint density at radius 1 is 1.24 bits per heavy atom. The lowest BCUT2D eigenvalue weighted by Crippen LogP contribution is -2.20. The topological polar surface area (TPSA) is 37.4 Å². The standard InChI is InChI=1S/C17H14ClNO2/c1-19-15-6-5-12(9-13(15)10-17(19)21)16(20)8-11-3-2-4-14(18)7-11/h2-7,9H,8,10H2,1H3. The van der Waals surface area contributed by atoms with Gasteiger partial charge in [-0.15, -0.1) is 0 Å². The predicted molar refractivity (Wildman–Crippen MR) is 83.0 cm³/mol. The molecule has 0 unspecified atom stereocenters. The predicted octanol–water partition coefficient (Wildman–Crippen LogP) is 3.28. The number of carbonyl (C=O) groups is 2. The molecule has 2 aromatic rings. The molecule has 1 heterocycles. The van der Waals surface area contributed by atoms with Crippen LogP contribution in [0.4, 0.5) is 5.69 Å². The molecule has 0 aliphatic carbocycles. The Bertz CT molecular complexity index is 739. The number of Topliss-reactive ketones (excluding diaryl/α,β-unsaturated/α-hetero) is 1. The van der Waals surface area contributed by atoms with Gasteiger partial charge in [0.15, 0.2) is 5.78 Å². The Labute approximate surface area is 128 Å². The Kier molecular flexibility index (Phi) is 3.52. The van der Waals surface area contributed by atoms with Crippen molar-refractivity contribution >= 4 is 29.0 Å². The number of halogens is 1. The number of benzene rings is 2. The second kappa shape index (κ2) is 5.34. The van der Waals surface area contributed by atoms with Crippen LogP contribution in [-0.2, 0) is 17.6 Å². The van der Waals surface area contributed by atoms with Gasteiger partial charge in [-0.2, -0.15) is 0 Å². The van der Waals surface area contributed by atoms with E-state index >= 15 is 0 Å². The molecule has 0 N–H and O–H groups in total. The molecule has 0 fully saturated rings. The monoisotopic (exact) mass is 299 g/mol. The van der Waals surface area contributed by atoms with Crippen molar-refractivity contribution in [2.24, 2.45) is 0 Å². The highest BCUT2D eigenvalue weighted by molar-refractivity contribution is 6.30. The molecule has 3 nitrogen and oxygen atoms in total. The molecule has 1 amide bonds. The third-order valence-electron chi connectivity index (χ3n) is 3.73. The maximum absolute atomic E-state index is 12.3. The quantitative estimate of drug-likeness (QED) is 0.816. The van der Waals surface area contributed by atoms with Crippen molar-refractivity contribution in [3.05, 3.63) is 64.2 Å². The molecule has 0 saturated heterocycles. The summed E-state index contributed by atoms with van der Waals surface area (Å²) in [4.78, 5) is 25.6. The molecule has 0 aromatic heterocycles. The van der Waals surface area contributed by atoms with E-state index in [0.717, 1.165) is 16.8 Å². The van der Waals surface area contributed by atoms with Crippen LogP contribution in [0.1, 0.15) is 21.5 Å². The van der Waals surface area contributed by atoms with Crippen LogP contribution in [0.2, 0.25) is 5.02 Å². The summed E-state index contributed by atoms with van der Waals surface area (Å²) < 4.78 is 0. The average Bonchev–Trinajstić information content (AvgIpc) is 2.73. The van der Waals surface area contributed by atoms with Crippen molar-refractivity contribution in [3.8, 4) is 0 Å². The molecule has 106 valence electrons. The minimum Gasteiger partial charge on any atom is -0.315 e. The number of carbonyl (C=O) groups excluding carboxylic acids is 2. The lowest BCUT2D eigenvalue weighted by atomic mass is 10.0. The van der Waals surface area contributed by atoms with Gasteiger partial charge in [0.05, 0.1) is 6.42 Å². The number of rotatable bonds is 3. The van der Waals surface area contributed by atoms with Gasteiger partial charge in [0, 0.05) is 29.7 Å². The first-order valence-electron chi connectivity index (χ1n) is 6.72. The first kappa shape index (κ1) is 13.8. The first-order chi connectivity index (χ1) is 10.0. The largest absolute Gasteiger partial charge is 0.315 e. The minimum absolute atomic E-state index is 0.0297. The summed E-state index contributed by atoms with van der Waals surface area (Å²) in [6.07, 6.45) is 0.674. The Balaban J connectivity index is 1.83. The van der Waals surface area contributed by atoms with Crippen LogP contribution in [0.3, 0.4) is 0 Å². The van der Waals surface area contributed by atoms with E-state index in [4.69, 9.17) is 11.6 Å². The number of hydrogen-bond donors (Lipinski definition) is 0. The van der Waals surface area contributed by atoms with Gasteiger partial charge in [0.2, 0.25) is 5.91 Å². The van der Waals surface area contributed by atoms with Crippen molar-refractivity contribution in [2.45, 2.75) is 12.8 Å². The molecule has 0 atom stereocenters. The van der Waals surface area contributed by atoms with Gasteiger partial charge >= 0.3 is 0 Å². The summed E-state index contributed by atoms with van der Waals surface area (Å²) in [5.74, 6) is 0.0894. The summed E-state index contributed by atoms with van der Waals surface area (Å²) in [6, 6.07) is 12.7. The normalized spacial score (nSPS) is 13.4. The Morgan fingerprint density at radius 3 is 2.81 bits per heavy atom. The number of fused-ring (bicyclic) bond motifs is 1. The second-order valence-corrected chi connectivity index (χ2v) is 5.64. The fourth-order valence-electron chi connectivity index (χ4n) is 2.58. The number of amides is 1. The molecule has 0 spiro atoms. The van der Waals surface area contributed by atoms with Gasteiger partial charge in [-0.1, -0.05) is 23.7 Å². The zero-order valence-corrected chi connectivity index (χ0v) is 12.4. The van der Waals surface area contributed by atoms with Gasteiger partial charge in [0.25, 0.3) is 0 Å². The van der Waals surface area contributed by atoms with Crippen LogP contribution in [-0.4, -0.2) is 18.7 Å². The molecule has 4 heteroatoms. The zero-order valence-electron chi connectivity index (χ0n) is 11.6. The third kappa shape index (κ3) is 2.69. The van der Waals surface area contributed by atoms with Gasteiger partial charge in [-0.05, 0) is 41.5 Å². The molecule has 21 heavy (non-hydrogen) atoms. The molecule has 0 bridgehead atoms. The fraction of sp³-hybridized carbons (Fsp3) is 0.176. The lowest BCUT2D eigenvalue weighted by Gasteiger charge is -2.10. The molecule has 0 radical (unpaired) electrons. The van der Waals surface area contributed by atoms with E-state index in [0.29, 0.717) is 23.4 Å². The van der Waals surface area contributed by atoms with E-state index in [1.807, 2.05) is 24.3 Å². The number of nitrogens with zero attached hydrogens (tertiary/aromatic N) is 1. The highest BCUT2D eigenvalue weighted by atomic mass is 35.5. The maximum Gasteiger partial charge on any atom is 0.231 e. The SMILES string of the molecule is CN1C(=O)Cc2cc(C(=O)Cc3cccc(Cl)c3)ccc21. The number of anilines is 1. The summed E-state index contributed by atoms with van der Waals surface area (Å²) in [7, 11) is 1.75. The Hall–Kier alpha value is -2.13. The van der Waals surface area contributed by atoms with E-state index < -0.39 is 0 Å². The van der Waals surface area contributed by atoms with Crippen molar-refractivity contribution in [2.75, 3.05) is 11.9 Å². The molecule has 1 aliphatic heterocycles. The smallest absolute Gasteiger partial charge is 0.231 e. The lowest BCUT2D eigenvalue weighted by molar-refractivity contribution is -0.117. The highest BCUT2D eigenvalue weighted by Gasteiger charge is 2.24. The molecular weight excluding hydrogens is 286 g/mol. The van der Waals surface area contributed by atoms with Gasteiger partial charge < -0.3 is 4.90 Å². The van der Waals surface area contributed by atoms with Crippen LogP contribution in [0.25, 0.3) is 0 Å². The number of hydrogen-bond acceptors (Lipinski definition) is 2. The molecule has 1 aliphatic rings. The van der Waals surface area contributed by atoms with Crippen LogP contribution >= 0.6 is 11.6 Å². The van der Waals surface area contributed by atoms with Crippen LogP contribution < -0.4 is 4.90 Å². The van der Waals surface area contributed by atoms with Gasteiger partial charge in [0.1, 0.15) is 0 Å². The summed E-state index contributed by atoms with van der Waals surface area (Å²) >= 11 is 5.93. The summed E-state index contributed by atoms with van der Waals surface area (Å²) in [5.41, 5.74) is 3.33. The molecule has 0 saturated carbocycles. The van der Waals surface area contributed by atoms with Crippen molar-refractivity contribution < 1.29 is 9.59 Å². The van der Waals surface area contributed by atoms with Gasteiger partial charge in [-0.25, -0.2) is 0 Å². The first-order valence-corrected chi connectivity index (χ1v) is 7.09. The molecular formula is C17H14ClNO2. The van der Waals surface area contributed by atoms with Crippen LogP contribution in [0.5, 0.6) is 0 Å². The second-order valence-electron chi connectivity index (χ2n) is 5.20. The van der Waals surface area contributed by atoms with E-state index in [1.165, 1.54) is 0 Å². The highest BCUT2D eigenvalue weighted by Crippen LogP contribution is 2.28. The third-order valence-corrected chi connectivity index (χ3v) is 3.97. The van der Waals surface area contributed by atoms with Crippen molar-refractivity contribution in [1.29, 1.82) is 0 Å². The summed E-state index contributed by atoms with van der Waals surface area (Å²) in [6.45, 7) is 0. The van der Waals surface area contributed by atoms with Crippen molar-refractivity contribution in [1.82, 2.24) is 0 Å². The maximum atomic E-state index is 12.3. The van der Waals surface area contributed by atoms with E-state index in [-0.39, 0.29) is 11.7 Å². The minimum atomic E-state index is 0.0297. The fourth-order valence-corrected chi connectivity index (χ4v) is 2.79. The van der Waals surface area contributed by atoms with Gasteiger partial charge in [-0.3, -0.25) is 9.59 Å². The van der Waals surface area contributed by atoms with E-state index in [9.17, 15) is 9.59 Å². The van der Waals surface area contributed by atoms with Crippen LogP contribution in [0.15, 0.2) is 42.5 Å². The van der Waals surface area contributed by atoms with Crippen LogP contribution in [0, 0.1) is 0 Å². The zero-order chi connectivity index (χ0) is 15.0. The Morgan fingerprint density at radius 2 is 2.05 bits per heavy atom. The van der Waals surface area contributed by atoms with E-state index in [2.05, 4.69) is 0 Å². The molecule has 3 rings (SSSR count).